The standard InChI is InChI=1S/C14H25N3O4S/c18-6-8-21-7-5-15-12(19)4-2-1-3-11-13-10(9-22-11)16-14(20)17-13/h10-11,13,18H,1-9H2,(H,15,19)(H2,16,17,20)/t10-,11-,13-/m0/s1. The van der Waals surface area contributed by atoms with E-state index < -0.39 is 0 Å². The molecule has 3 atom stereocenters. The zero-order chi connectivity index (χ0) is 15.8. The molecule has 2 fully saturated rings. The normalized spacial score (nSPS) is 26.4. The molecule has 2 saturated heterocycles. The van der Waals surface area contributed by atoms with Gasteiger partial charge in [0.25, 0.3) is 0 Å². The van der Waals surface area contributed by atoms with Crippen LogP contribution >= 0.6 is 11.8 Å². The molecule has 0 spiro atoms. The summed E-state index contributed by atoms with van der Waals surface area (Å²) >= 11 is 1.90. The molecule has 0 aromatic rings. The van der Waals surface area contributed by atoms with Crippen molar-refractivity contribution in [1.29, 1.82) is 0 Å². The number of fused-ring (bicyclic) bond motifs is 1. The first kappa shape index (κ1) is 17.4. The summed E-state index contributed by atoms with van der Waals surface area (Å²) in [5.74, 6) is 1.02. The van der Waals surface area contributed by atoms with E-state index in [0.29, 0.717) is 31.4 Å². The first-order valence-electron chi connectivity index (χ1n) is 7.84. The number of carbonyl (C=O) groups excluding carboxylic acids is 2. The number of aliphatic hydroxyl groups is 1. The summed E-state index contributed by atoms with van der Waals surface area (Å²) in [5, 5.41) is 17.7. The predicted molar refractivity (Wildman–Crippen MR) is 84.9 cm³/mol. The predicted octanol–water partition coefficient (Wildman–Crippen LogP) is -0.163. The number of aliphatic hydroxyl groups excluding tert-OH is 1. The number of amides is 3. The molecule has 22 heavy (non-hydrogen) atoms. The van der Waals surface area contributed by atoms with Crippen molar-refractivity contribution in [2.75, 3.05) is 32.1 Å². The zero-order valence-corrected chi connectivity index (χ0v) is 13.5. The summed E-state index contributed by atoms with van der Waals surface area (Å²) in [7, 11) is 0. The Kier molecular flexibility index (Phi) is 7.28. The van der Waals surface area contributed by atoms with Gasteiger partial charge in [0.1, 0.15) is 0 Å². The molecular weight excluding hydrogens is 306 g/mol. The van der Waals surface area contributed by atoms with Crippen LogP contribution in [0.15, 0.2) is 0 Å². The van der Waals surface area contributed by atoms with Crippen LogP contribution in [0.2, 0.25) is 0 Å². The van der Waals surface area contributed by atoms with Crippen molar-refractivity contribution in [2.45, 2.75) is 43.0 Å². The summed E-state index contributed by atoms with van der Waals surface area (Å²) in [6.07, 6.45) is 3.40. The number of hydrogen-bond donors (Lipinski definition) is 4. The van der Waals surface area contributed by atoms with Gasteiger partial charge in [0.2, 0.25) is 5.91 Å². The van der Waals surface area contributed by atoms with E-state index in [1.165, 1.54) is 0 Å². The van der Waals surface area contributed by atoms with Crippen LogP contribution in [0.4, 0.5) is 4.79 Å². The van der Waals surface area contributed by atoms with Crippen molar-refractivity contribution in [2.24, 2.45) is 0 Å². The highest BCUT2D eigenvalue weighted by Crippen LogP contribution is 2.33. The molecule has 0 radical (unpaired) electrons. The fourth-order valence-electron chi connectivity index (χ4n) is 2.79. The largest absolute Gasteiger partial charge is 0.394 e. The Labute approximate surface area is 134 Å². The maximum absolute atomic E-state index is 11.6. The van der Waals surface area contributed by atoms with Gasteiger partial charge in [-0.1, -0.05) is 6.42 Å². The van der Waals surface area contributed by atoms with Gasteiger partial charge >= 0.3 is 6.03 Å². The van der Waals surface area contributed by atoms with Crippen molar-refractivity contribution < 1.29 is 19.4 Å². The van der Waals surface area contributed by atoms with Gasteiger partial charge in [-0.3, -0.25) is 4.79 Å². The van der Waals surface area contributed by atoms with Crippen molar-refractivity contribution in [3.05, 3.63) is 0 Å². The molecule has 8 heteroatoms. The molecule has 0 bridgehead atoms. The van der Waals surface area contributed by atoms with Gasteiger partial charge in [-0.25, -0.2) is 4.79 Å². The Morgan fingerprint density at radius 3 is 3.05 bits per heavy atom. The molecule has 126 valence electrons. The molecular formula is C14H25N3O4S. The zero-order valence-electron chi connectivity index (χ0n) is 12.7. The van der Waals surface area contributed by atoms with E-state index >= 15 is 0 Å². The highest BCUT2D eigenvalue weighted by Gasteiger charge is 2.42. The van der Waals surface area contributed by atoms with Crippen molar-refractivity contribution in [1.82, 2.24) is 16.0 Å². The Morgan fingerprint density at radius 1 is 1.36 bits per heavy atom. The second-order valence-electron chi connectivity index (χ2n) is 5.55. The summed E-state index contributed by atoms with van der Waals surface area (Å²) < 4.78 is 5.07. The number of rotatable bonds is 10. The quantitative estimate of drug-likeness (QED) is 0.329. The van der Waals surface area contributed by atoms with Crippen molar-refractivity contribution in [3.63, 3.8) is 0 Å². The fourth-order valence-corrected chi connectivity index (χ4v) is 4.34. The third-order valence-electron chi connectivity index (χ3n) is 3.88. The summed E-state index contributed by atoms with van der Waals surface area (Å²) in [6.45, 7) is 1.23. The molecule has 2 aliphatic heterocycles. The van der Waals surface area contributed by atoms with Crippen LogP contribution in [0.5, 0.6) is 0 Å². The summed E-state index contributed by atoms with van der Waals surface area (Å²) in [5.41, 5.74) is 0. The van der Waals surface area contributed by atoms with Crippen LogP contribution in [-0.2, 0) is 9.53 Å². The molecule has 0 unspecified atom stereocenters. The molecule has 2 rings (SSSR count). The molecule has 7 nitrogen and oxygen atoms in total. The van der Waals surface area contributed by atoms with E-state index in [1.807, 2.05) is 11.8 Å². The lowest BCUT2D eigenvalue weighted by Gasteiger charge is -2.16. The van der Waals surface area contributed by atoms with Crippen LogP contribution in [0.25, 0.3) is 0 Å². The van der Waals surface area contributed by atoms with Crippen LogP contribution < -0.4 is 16.0 Å². The van der Waals surface area contributed by atoms with Gasteiger partial charge in [-0.15, -0.1) is 0 Å². The summed E-state index contributed by atoms with van der Waals surface area (Å²) in [4.78, 5) is 22.9. The fraction of sp³-hybridized carbons (Fsp3) is 0.857. The second-order valence-corrected chi connectivity index (χ2v) is 6.83. The third kappa shape index (κ3) is 5.33. The first-order valence-corrected chi connectivity index (χ1v) is 8.89. The molecule has 3 amide bonds. The van der Waals surface area contributed by atoms with Crippen molar-refractivity contribution >= 4 is 23.7 Å². The minimum absolute atomic E-state index is 0.00491. The molecule has 2 aliphatic rings. The molecule has 0 aromatic heterocycles. The maximum Gasteiger partial charge on any atom is 0.315 e. The second kappa shape index (κ2) is 9.22. The Bertz CT molecular complexity index is 383. The number of carbonyl (C=O) groups is 2. The van der Waals surface area contributed by atoms with Crippen LogP contribution in [0.1, 0.15) is 25.7 Å². The minimum atomic E-state index is -0.0527. The number of urea groups is 1. The molecule has 2 heterocycles. The smallest absolute Gasteiger partial charge is 0.315 e. The Morgan fingerprint density at radius 2 is 2.23 bits per heavy atom. The maximum atomic E-state index is 11.6. The summed E-state index contributed by atoms with van der Waals surface area (Å²) in [6, 6.07) is 0.461. The van der Waals surface area contributed by atoms with Gasteiger partial charge in [0, 0.05) is 24.0 Å². The van der Waals surface area contributed by atoms with Crippen LogP contribution in [0, 0.1) is 0 Å². The lowest BCUT2D eigenvalue weighted by Crippen LogP contribution is -2.36. The Balaban J connectivity index is 1.49. The molecule has 4 N–H and O–H groups in total. The van der Waals surface area contributed by atoms with Crippen molar-refractivity contribution in [3.8, 4) is 0 Å². The van der Waals surface area contributed by atoms with Gasteiger partial charge in [-0.2, -0.15) is 11.8 Å². The highest BCUT2D eigenvalue weighted by atomic mass is 32.2. The van der Waals surface area contributed by atoms with E-state index in [9.17, 15) is 9.59 Å². The van der Waals surface area contributed by atoms with E-state index in [-0.39, 0.29) is 30.6 Å². The SMILES string of the molecule is O=C(CCCC[C@@H]1SC[C@@H]2NC(=O)N[C@@H]21)NCCOCCO. The number of unbranched alkanes of at least 4 members (excludes halogenated alkanes) is 1. The number of thioether (sulfide) groups is 1. The number of hydrogen-bond acceptors (Lipinski definition) is 5. The Hall–Kier alpha value is -0.990. The number of nitrogens with one attached hydrogen (secondary N) is 3. The highest BCUT2D eigenvalue weighted by molar-refractivity contribution is 8.00. The molecule has 0 aromatic carbocycles. The van der Waals surface area contributed by atoms with Gasteiger partial charge in [0.15, 0.2) is 0 Å². The average molecular weight is 331 g/mol. The van der Waals surface area contributed by atoms with E-state index in [2.05, 4.69) is 16.0 Å². The third-order valence-corrected chi connectivity index (χ3v) is 5.39. The number of ether oxygens (including phenoxy) is 1. The lowest BCUT2D eigenvalue weighted by atomic mass is 10.0. The van der Waals surface area contributed by atoms with Crippen LogP contribution in [0.3, 0.4) is 0 Å². The van der Waals surface area contributed by atoms with Gasteiger partial charge in [-0.05, 0) is 12.8 Å². The lowest BCUT2D eigenvalue weighted by molar-refractivity contribution is -0.121. The van der Waals surface area contributed by atoms with E-state index in [4.69, 9.17) is 9.84 Å². The van der Waals surface area contributed by atoms with E-state index in [0.717, 1.165) is 25.0 Å². The average Bonchev–Trinajstić information content (AvgIpc) is 3.03. The van der Waals surface area contributed by atoms with E-state index in [1.54, 1.807) is 0 Å². The molecule has 0 saturated carbocycles. The molecule has 0 aliphatic carbocycles. The monoisotopic (exact) mass is 331 g/mol. The van der Waals surface area contributed by atoms with Crippen LogP contribution in [-0.4, -0.2) is 66.5 Å². The first-order chi connectivity index (χ1) is 10.7. The topological polar surface area (TPSA) is 99.7 Å². The van der Waals surface area contributed by atoms with Gasteiger partial charge < -0.3 is 25.8 Å². The minimum Gasteiger partial charge on any atom is -0.394 e. The van der Waals surface area contributed by atoms with Gasteiger partial charge in [0.05, 0.1) is 31.9 Å².